The summed E-state index contributed by atoms with van der Waals surface area (Å²) in [5.41, 5.74) is 0. The lowest BCUT2D eigenvalue weighted by atomic mass is 9.44. The Morgan fingerprint density at radius 1 is 0.229 bits per heavy atom. The van der Waals surface area contributed by atoms with Gasteiger partial charge in [-0.1, -0.05) is 129 Å². The van der Waals surface area contributed by atoms with Gasteiger partial charge in [-0.15, -0.1) is 0 Å². The molecule has 272 valence electrons. The second-order valence-corrected chi connectivity index (χ2v) is 21.3. The lowest BCUT2D eigenvalue weighted by Gasteiger charge is -2.61. The highest BCUT2D eigenvalue weighted by molar-refractivity contribution is 5.05. The summed E-state index contributed by atoms with van der Waals surface area (Å²) in [4.78, 5) is 0. The van der Waals surface area contributed by atoms with Crippen molar-refractivity contribution in [2.24, 2.45) is 101 Å². The SMILES string of the molecule is CC1CCC2C(CCCCC2C2CCC[C@@H](C3[C@@H]4CCCCC4C(C4CCCC(C5CCC[C@H]6CCCC[C@@H]56)C4)C4CCCC[C@@H]43)C2)C1. The zero-order valence-electron chi connectivity index (χ0n) is 32.0. The third-order valence-electron chi connectivity index (χ3n) is 19.4. The highest BCUT2D eigenvalue weighted by atomic mass is 14.6. The van der Waals surface area contributed by atoms with E-state index in [1.54, 1.807) is 193 Å². The van der Waals surface area contributed by atoms with Gasteiger partial charge in [0.2, 0.25) is 0 Å². The number of hydrogen-bond donors (Lipinski definition) is 0. The van der Waals surface area contributed by atoms with Crippen molar-refractivity contribution in [2.45, 2.75) is 200 Å². The molecule has 0 saturated heterocycles. The van der Waals surface area contributed by atoms with Crippen LogP contribution in [-0.2, 0) is 0 Å². The first kappa shape index (κ1) is 33.8. The molecule has 0 nitrogen and oxygen atoms in total. The van der Waals surface area contributed by atoms with Gasteiger partial charge >= 0.3 is 0 Å². The predicted molar refractivity (Wildman–Crippen MR) is 204 cm³/mol. The van der Waals surface area contributed by atoms with Gasteiger partial charge in [-0.2, -0.15) is 0 Å². The Labute approximate surface area is 299 Å². The van der Waals surface area contributed by atoms with Crippen LogP contribution in [0.1, 0.15) is 200 Å². The first-order valence-corrected chi connectivity index (χ1v) is 23.7. The summed E-state index contributed by atoms with van der Waals surface area (Å²) >= 11 is 0. The largest absolute Gasteiger partial charge is 0.0625 e. The minimum absolute atomic E-state index is 1.01. The lowest BCUT2D eigenvalue weighted by molar-refractivity contribution is -0.121. The minimum Gasteiger partial charge on any atom is -0.0625 e. The maximum absolute atomic E-state index is 2.58. The summed E-state index contributed by atoms with van der Waals surface area (Å²) in [6, 6.07) is 0. The van der Waals surface area contributed by atoms with Crippen molar-refractivity contribution in [3.8, 4) is 0 Å². The van der Waals surface area contributed by atoms with Gasteiger partial charge in [-0.05, 0) is 171 Å². The average Bonchev–Trinajstić information content (AvgIpc) is 3.35. The summed E-state index contributed by atoms with van der Waals surface area (Å²) in [6.45, 7) is 2.58. The van der Waals surface area contributed by atoms with Crippen molar-refractivity contribution in [1.29, 1.82) is 0 Å². The molecule has 0 heterocycles. The average molecular weight is 657 g/mol. The van der Waals surface area contributed by atoms with Gasteiger partial charge in [0, 0.05) is 0 Å². The number of hydrogen-bond acceptors (Lipinski definition) is 0. The molecule has 0 aliphatic heterocycles. The Kier molecular flexibility index (Phi) is 10.7. The molecule has 0 heteroatoms. The van der Waals surface area contributed by atoms with Gasteiger partial charge in [-0.3, -0.25) is 0 Å². The van der Waals surface area contributed by atoms with Crippen LogP contribution in [0.4, 0.5) is 0 Å². The molecule has 9 saturated carbocycles. The molecule has 0 radical (unpaired) electrons. The van der Waals surface area contributed by atoms with Crippen LogP contribution in [0.3, 0.4) is 0 Å². The molecule has 0 N–H and O–H groups in total. The lowest BCUT2D eigenvalue weighted by Crippen LogP contribution is -2.54. The van der Waals surface area contributed by atoms with Gasteiger partial charge in [0.1, 0.15) is 0 Å². The fraction of sp³-hybridized carbons (Fsp3) is 1.00. The third-order valence-corrected chi connectivity index (χ3v) is 19.4. The van der Waals surface area contributed by atoms with Crippen LogP contribution in [0.15, 0.2) is 0 Å². The summed E-state index contributed by atoms with van der Waals surface area (Å²) in [5, 5.41) is 0. The summed E-state index contributed by atoms with van der Waals surface area (Å²) in [5.74, 6) is 18.9. The number of fused-ring (bicyclic) bond motifs is 4. The molecule has 0 aromatic rings. The molecule has 48 heavy (non-hydrogen) atoms. The zero-order chi connectivity index (χ0) is 32.0. The van der Waals surface area contributed by atoms with Crippen molar-refractivity contribution < 1.29 is 0 Å². The van der Waals surface area contributed by atoms with Crippen LogP contribution in [0.2, 0.25) is 0 Å². The predicted octanol–water partition coefficient (Wildman–Crippen LogP) is 14.3. The van der Waals surface area contributed by atoms with Gasteiger partial charge in [0.25, 0.3) is 0 Å². The quantitative estimate of drug-likeness (QED) is 0.282. The first-order chi connectivity index (χ1) is 23.7. The molecule has 9 fully saturated rings. The Morgan fingerprint density at radius 2 is 0.542 bits per heavy atom. The molecule has 9 rings (SSSR count). The molecule has 0 spiro atoms. The summed E-state index contributed by atoms with van der Waals surface area (Å²) in [6.07, 6.45) is 48.2. The minimum atomic E-state index is 1.01. The van der Waals surface area contributed by atoms with Crippen LogP contribution in [0, 0.1) is 101 Å². The van der Waals surface area contributed by atoms with Crippen molar-refractivity contribution in [3.05, 3.63) is 0 Å². The molecule has 12 unspecified atom stereocenters. The Hall–Kier alpha value is 0. The van der Waals surface area contributed by atoms with Crippen LogP contribution in [-0.4, -0.2) is 0 Å². The molecule has 17 atom stereocenters. The van der Waals surface area contributed by atoms with Gasteiger partial charge in [-0.25, -0.2) is 0 Å². The maximum Gasteiger partial charge on any atom is -0.0323 e. The zero-order valence-corrected chi connectivity index (χ0v) is 32.0. The molecule has 9 aliphatic rings. The van der Waals surface area contributed by atoms with Crippen LogP contribution in [0.25, 0.3) is 0 Å². The van der Waals surface area contributed by atoms with Crippen LogP contribution >= 0.6 is 0 Å². The molecule has 0 aromatic heterocycles. The summed E-state index contributed by atoms with van der Waals surface area (Å²) < 4.78 is 0. The highest BCUT2D eigenvalue weighted by Gasteiger charge is 2.56. The maximum atomic E-state index is 2.58. The van der Waals surface area contributed by atoms with Crippen molar-refractivity contribution >= 4 is 0 Å². The molecule has 0 amide bonds. The Morgan fingerprint density at radius 3 is 1.08 bits per heavy atom. The van der Waals surface area contributed by atoms with E-state index < -0.39 is 0 Å². The van der Waals surface area contributed by atoms with E-state index in [1.165, 1.54) is 0 Å². The van der Waals surface area contributed by atoms with E-state index in [0.717, 1.165) is 101 Å². The molecular weight excluding hydrogens is 577 g/mol. The Bertz CT molecular complexity index is 1000. The second kappa shape index (κ2) is 15.2. The van der Waals surface area contributed by atoms with Gasteiger partial charge in [0.05, 0.1) is 0 Å². The third kappa shape index (κ3) is 6.58. The van der Waals surface area contributed by atoms with Crippen LogP contribution in [0.5, 0.6) is 0 Å². The standard InChI is InChI=1S/C48H80/c1-32-27-28-42-34(29-32)14-3-5-21-40(42)35-16-10-18-37(30-35)47-43-22-6-8-24-45(43)48(46-25-9-7-23-44(46)47)38-19-11-17-36(31-38)41-26-12-15-33-13-2-4-20-39(33)41/h32-48H,2-31H2,1H3/t32?,33-,34?,35?,36?,37-,38?,39-,40?,41?,42?,43-,44+,45?,46?,47?,48?/m1/s1. The fourth-order valence-electron chi connectivity index (χ4n) is 17.9. The van der Waals surface area contributed by atoms with E-state index in [0.29, 0.717) is 0 Å². The fourth-order valence-corrected chi connectivity index (χ4v) is 17.9. The van der Waals surface area contributed by atoms with Gasteiger partial charge in [0.15, 0.2) is 0 Å². The smallest absolute Gasteiger partial charge is 0.0323 e. The van der Waals surface area contributed by atoms with E-state index >= 15 is 0 Å². The normalized spacial score (nSPS) is 53.3. The second-order valence-electron chi connectivity index (χ2n) is 21.3. The van der Waals surface area contributed by atoms with Crippen molar-refractivity contribution in [3.63, 3.8) is 0 Å². The summed E-state index contributed by atoms with van der Waals surface area (Å²) in [7, 11) is 0. The monoisotopic (exact) mass is 657 g/mol. The molecular formula is C48H80. The van der Waals surface area contributed by atoms with E-state index in [2.05, 4.69) is 6.92 Å². The van der Waals surface area contributed by atoms with E-state index in [-0.39, 0.29) is 0 Å². The first-order valence-electron chi connectivity index (χ1n) is 23.7. The van der Waals surface area contributed by atoms with E-state index in [9.17, 15) is 0 Å². The Balaban J connectivity index is 0.949. The van der Waals surface area contributed by atoms with E-state index in [1.807, 2.05) is 0 Å². The van der Waals surface area contributed by atoms with Crippen molar-refractivity contribution in [2.75, 3.05) is 0 Å². The van der Waals surface area contributed by atoms with Crippen LogP contribution < -0.4 is 0 Å². The molecule has 0 bridgehead atoms. The molecule has 9 aliphatic carbocycles. The van der Waals surface area contributed by atoms with Gasteiger partial charge < -0.3 is 0 Å². The number of rotatable bonds is 4. The van der Waals surface area contributed by atoms with E-state index in [4.69, 9.17) is 0 Å². The highest BCUT2D eigenvalue weighted by Crippen LogP contribution is 2.64. The van der Waals surface area contributed by atoms with Crippen molar-refractivity contribution in [1.82, 2.24) is 0 Å². The molecule has 0 aromatic carbocycles. The topological polar surface area (TPSA) is 0 Å².